The van der Waals surface area contributed by atoms with Crippen LogP contribution >= 0.6 is 11.3 Å². The molecule has 2 heterocycles. The van der Waals surface area contributed by atoms with Crippen molar-refractivity contribution in [3.05, 3.63) is 95.1 Å². The molecule has 4 aromatic rings. The Hall–Kier alpha value is -4.04. The first-order valence-electron chi connectivity index (χ1n) is 10.3. The number of urea groups is 1. The van der Waals surface area contributed by atoms with Gasteiger partial charge < -0.3 is 15.5 Å². The minimum absolute atomic E-state index is 0.253. The number of hydrogen-bond acceptors (Lipinski definition) is 4. The maximum absolute atomic E-state index is 14.7. The van der Waals surface area contributed by atoms with Gasteiger partial charge in [0.25, 0.3) is 5.91 Å². The third-order valence-corrected chi connectivity index (χ3v) is 6.43. The predicted molar refractivity (Wildman–Crippen MR) is 130 cm³/mol. The van der Waals surface area contributed by atoms with E-state index in [0.29, 0.717) is 22.6 Å². The summed E-state index contributed by atoms with van der Waals surface area (Å²) in [5.41, 5.74) is 2.37. The largest absolute Gasteiger partial charge is 0.321 e. The molecule has 1 unspecified atom stereocenters. The second-order valence-corrected chi connectivity index (χ2v) is 8.43. The fourth-order valence-electron chi connectivity index (χ4n) is 3.86. The topological polar surface area (TPSA) is 73.8 Å². The van der Waals surface area contributed by atoms with Crippen LogP contribution in [0.1, 0.15) is 11.1 Å². The van der Waals surface area contributed by atoms with Gasteiger partial charge in [0.1, 0.15) is 5.82 Å². The molecule has 1 atom stereocenters. The second-order valence-electron chi connectivity index (χ2n) is 7.52. The number of carbonyl (C=O) groups excluding carboxylic acids is 2. The Kier molecular flexibility index (Phi) is 5.35. The quantitative estimate of drug-likeness (QED) is 0.453. The molecule has 1 aromatic heterocycles. The summed E-state index contributed by atoms with van der Waals surface area (Å²) in [7, 11) is 1.61. The van der Waals surface area contributed by atoms with E-state index in [2.05, 4.69) is 15.6 Å². The maximum Gasteiger partial charge on any atom is 0.321 e. The molecule has 2 N–H and O–H groups in total. The third kappa shape index (κ3) is 3.85. The van der Waals surface area contributed by atoms with Gasteiger partial charge in [0, 0.05) is 18.2 Å². The number of nitrogens with zero attached hydrogens (tertiary/aromatic N) is 2. The van der Waals surface area contributed by atoms with E-state index in [0.717, 1.165) is 10.1 Å². The van der Waals surface area contributed by atoms with E-state index in [9.17, 15) is 14.0 Å². The van der Waals surface area contributed by atoms with Crippen molar-refractivity contribution in [3.8, 4) is 0 Å². The molecule has 8 heteroatoms. The highest BCUT2D eigenvalue weighted by Gasteiger charge is 2.31. The van der Waals surface area contributed by atoms with Gasteiger partial charge in [-0.15, -0.1) is 11.3 Å². The molecule has 0 aliphatic carbocycles. The zero-order valence-electron chi connectivity index (χ0n) is 17.6. The minimum Gasteiger partial charge on any atom is -0.311 e. The molecule has 3 amide bonds. The Morgan fingerprint density at radius 1 is 1.00 bits per heavy atom. The van der Waals surface area contributed by atoms with Crippen molar-refractivity contribution in [2.45, 2.75) is 6.17 Å². The number of likely N-dealkylation sites (N-methyl/N-ethyl adjacent to an activating group) is 1. The van der Waals surface area contributed by atoms with Gasteiger partial charge in [-0.05, 0) is 41.1 Å². The molecule has 0 fully saturated rings. The molecular weight excluding hydrogens is 439 g/mol. The Labute approximate surface area is 193 Å². The first-order valence-corrected chi connectivity index (χ1v) is 11.1. The number of carbonyl (C=O) groups is 2. The molecule has 6 nitrogen and oxygen atoms in total. The van der Waals surface area contributed by atoms with Crippen LogP contribution in [-0.2, 0) is 4.79 Å². The molecule has 33 heavy (non-hydrogen) atoms. The highest BCUT2D eigenvalue weighted by Crippen LogP contribution is 2.30. The van der Waals surface area contributed by atoms with E-state index in [1.165, 1.54) is 22.3 Å². The van der Waals surface area contributed by atoms with Crippen molar-refractivity contribution in [2.75, 3.05) is 17.3 Å². The van der Waals surface area contributed by atoms with Crippen LogP contribution in [0.25, 0.3) is 10.1 Å². The predicted octanol–water partition coefficient (Wildman–Crippen LogP) is 5.00. The van der Waals surface area contributed by atoms with Crippen LogP contribution < -0.4 is 15.5 Å². The molecule has 0 saturated carbocycles. The van der Waals surface area contributed by atoms with E-state index in [1.807, 2.05) is 23.6 Å². The molecule has 0 spiro atoms. The Balaban J connectivity index is 1.52. The zero-order chi connectivity index (χ0) is 22.9. The number of fused-ring (bicyclic) bond motifs is 2. The molecule has 3 aromatic carbocycles. The van der Waals surface area contributed by atoms with Crippen molar-refractivity contribution < 1.29 is 14.0 Å². The molecule has 164 valence electrons. The third-order valence-electron chi connectivity index (χ3n) is 5.47. The molecule has 0 radical (unpaired) electrons. The van der Waals surface area contributed by atoms with Crippen LogP contribution in [-0.4, -0.2) is 30.9 Å². The van der Waals surface area contributed by atoms with E-state index in [-0.39, 0.29) is 5.56 Å². The smallest absolute Gasteiger partial charge is 0.311 e. The number of anilines is 2. The number of benzodiazepines with no additional fused rings is 1. The number of benzene rings is 3. The summed E-state index contributed by atoms with van der Waals surface area (Å²) >= 11 is 1.51. The summed E-state index contributed by atoms with van der Waals surface area (Å²) in [6.45, 7) is 0. The number of rotatable bonds is 3. The lowest BCUT2D eigenvalue weighted by Gasteiger charge is -2.21. The molecule has 0 bridgehead atoms. The van der Waals surface area contributed by atoms with Crippen LogP contribution in [0.15, 0.2) is 83.2 Å². The summed E-state index contributed by atoms with van der Waals surface area (Å²) in [5.74, 6) is -0.895. The number of hydrogen-bond donors (Lipinski definition) is 2. The second kappa shape index (κ2) is 8.48. The van der Waals surface area contributed by atoms with Crippen molar-refractivity contribution in [2.24, 2.45) is 4.99 Å². The fourth-order valence-corrected chi connectivity index (χ4v) is 4.73. The van der Waals surface area contributed by atoms with E-state index in [1.54, 1.807) is 55.6 Å². The van der Waals surface area contributed by atoms with Crippen molar-refractivity contribution >= 4 is 50.4 Å². The van der Waals surface area contributed by atoms with Crippen LogP contribution in [0.3, 0.4) is 0 Å². The molecule has 5 rings (SSSR count). The number of thiophene rings is 1. The maximum atomic E-state index is 14.7. The summed E-state index contributed by atoms with van der Waals surface area (Å²) in [5, 5.41) is 8.42. The minimum atomic E-state index is -1.24. The summed E-state index contributed by atoms with van der Waals surface area (Å²) < 4.78 is 15.6. The van der Waals surface area contributed by atoms with Gasteiger partial charge >= 0.3 is 6.03 Å². The van der Waals surface area contributed by atoms with Crippen molar-refractivity contribution in [1.82, 2.24) is 5.32 Å². The highest BCUT2D eigenvalue weighted by atomic mass is 32.1. The van der Waals surface area contributed by atoms with Gasteiger partial charge in [0.15, 0.2) is 0 Å². The van der Waals surface area contributed by atoms with E-state index >= 15 is 0 Å². The number of aliphatic imine (C=N–C) groups is 1. The molecule has 1 aliphatic heterocycles. The first kappa shape index (κ1) is 20.8. The van der Waals surface area contributed by atoms with Crippen molar-refractivity contribution in [3.63, 3.8) is 0 Å². The normalized spacial score (nSPS) is 15.6. The number of para-hydroxylation sites is 1. The summed E-state index contributed by atoms with van der Waals surface area (Å²) in [6, 6.07) is 20.4. The SMILES string of the molecule is CN1C(=O)C(NC(=O)Nc2cccc3ccsc23)N=C(c2ccccc2F)c2ccccc21. The highest BCUT2D eigenvalue weighted by molar-refractivity contribution is 7.17. The molecular formula is C25H19FN4O2S. The van der Waals surface area contributed by atoms with E-state index < -0.39 is 23.9 Å². The lowest BCUT2D eigenvalue weighted by molar-refractivity contribution is -0.119. The van der Waals surface area contributed by atoms with Crippen molar-refractivity contribution in [1.29, 1.82) is 0 Å². The number of halogens is 1. The van der Waals surface area contributed by atoms with Gasteiger partial charge in [-0.3, -0.25) is 4.79 Å². The van der Waals surface area contributed by atoms with Gasteiger partial charge in [0.05, 0.1) is 21.8 Å². The van der Waals surface area contributed by atoms with Gasteiger partial charge in [-0.1, -0.05) is 42.5 Å². The lowest BCUT2D eigenvalue weighted by Crippen LogP contribution is -2.47. The lowest BCUT2D eigenvalue weighted by atomic mass is 10.00. The molecule has 0 saturated heterocycles. The van der Waals surface area contributed by atoms with Crippen LogP contribution in [0.5, 0.6) is 0 Å². The standard InChI is InChI=1S/C25H19FN4O2S/c1-30-20-12-5-3-9-17(20)21(16-8-2-4-10-18(16)26)28-23(24(30)31)29-25(32)27-19-11-6-7-15-13-14-33-22(15)19/h2-14,23H,1H3,(H2,27,29,32). The average Bonchev–Trinajstić information content (AvgIpc) is 3.28. The van der Waals surface area contributed by atoms with Crippen LogP contribution in [0.2, 0.25) is 0 Å². The van der Waals surface area contributed by atoms with Gasteiger partial charge in [-0.2, -0.15) is 0 Å². The van der Waals surface area contributed by atoms with Gasteiger partial charge in [0.2, 0.25) is 6.17 Å². The van der Waals surface area contributed by atoms with Gasteiger partial charge in [-0.25, -0.2) is 14.2 Å². The summed E-state index contributed by atoms with van der Waals surface area (Å²) in [4.78, 5) is 32.0. The number of nitrogens with one attached hydrogen (secondary N) is 2. The Morgan fingerprint density at radius 3 is 2.58 bits per heavy atom. The number of amides is 3. The monoisotopic (exact) mass is 458 g/mol. The van der Waals surface area contributed by atoms with Crippen LogP contribution in [0, 0.1) is 5.82 Å². The zero-order valence-corrected chi connectivity index (χ0v) is 18.4. The van der Waals surface area contributed by atoms with E-state index in [4.69, 9.17) is 0 Å². The fraction of sp³-hybridized carbons (Fsp3) is 0.0800. The Morgan fingerprint density at radius 2 is 1.76 bits per heavy atom. The first-order chi connectivity index (χ1) is 16.0. The summed E-state index contributed by atoms with van der Waals surface area (Å²) in [6.07, 6.45) is -1.24. The average molecular weight is 459 g/mol. The van der Waals surface area contributed by atoms with Crippen LogP contribution in [0.4, 0.5) is 20.6 Å². The molecule has 1 aliphatic rings. The Bertz CT molecular complexity index is 1410.